The molecule has 0 fully saturated rings. The third-order valence-corrected chi connectivity index (χ3v) is 10.1. The topological polar surface area (TPSA) is 107 Å². The van der Waals surface area contributed by atoms with Crippen LogP contribution in [0, 0.1) is 12.8 Å². The molecule has 3 atom stereocenters. The molecule has 2 aromatic carbocycles. The van der Waals surface area contributed by atoms with Gasteiger partial charge in [0.2, 0.25) is 0 Å². The first-order chi connectivity index (χ1) is 17.5. The van der Waals surface area contributed by atoms with Crippen molar-refractivity contribution in [3.8, 4) is 5.75 Å². The highest BCUT2D eigenvalue weighted by atomic mass is 32.3. The van der Waals surface area contributed by atoms with Crippen LogP contribution in [0.25, 0.3) is 0 Å². The van der Waals surface area contributed by atoms with E-state index in [9.17, 15) is 23.8 Å². The Labute approximate surface area is 223 Å². The summed E-state index contributed by atoms with van der Waals surface area (Å²) in [5, 5.41) is 9.88. The molecule has 0 saturated heterocycles. The van der Waals surface area contributed by atoms with Gasteiger partial charge in [0, 0.05) is 17.3 Å². The molecule has 0 saturated carbocycles. The fraction of sp³-hybridized carbons (Fsp3) is 0.357. The Kier molecular flexibility index (Phi) is 8.11. The summed E-state index contributed by atoms with van der Waals surface area (Å²) >= 11 is 1.32. The van der Waals surface area contributed by atoms with Crippen molar-refractivity contribution < 1.29 is 28.5 Å². The molecule has 1 aliphatic rings. The molecule has 0 amide bonds. The van der Waals surface area contributed by atoms with Crippen LogP contribution < -0.4 is 4.74 Å². The predicted octanol–water partition coefficient (Wildman–Crippen LogP) is 6.81. The Hall–Kier alpha value is -2.69. The minimum atomic E-state index is -3.32. The van der Waals surface area contributed by atoms with E-state index in [1.807, 2.05) is 44.2 Å². The summed E-state index contributed by atoms with van der Waals surface area (Å²) in [5.74, 6) is -1.67. The molecular weight excluding hydrogens is 510 g/mol. The Morgan fingerprint density at radius 3 is 2.54 bits per heavy atom. The molecule has 0 spiro atoms. The van der Waals surface area contributed by atoms with E-state index >= 15 is 0 Å². The second-order valence-corrected chi connectivity index (χ2v) is 12.6. The number of carboxylic acid groups (broad SMARTS) is 1. The van der Waals surface area contributed by atoms with Crippen LogP contribution in [0.5, 0.6) is 5.75 Å². The number of para-hydroxylation sites is 1. The highest BCUT2D eigenvalue weighted by Gasteiger charge is 2.35. The van der Waals surface area contributed by atoms with Crippen LogP contribution in [0.4, 0.5) is 0 Å². The summed E-state index contributed by atoms with van der Waals surface area (Å²) in [7, 11) is -3.32. The van der Waals surface area contributed by atoms with Crippen LogP contribution >= 0.6 is 22.1 Å². The number of ketones is 1. The average Bonchev–Trinajstić information content (AvgIpc) is 3.31. The molecule has 198 valence electrons. The van der Waals surface area contributed by atoms with Crippen molar-refractivity contribution in [3.63, 3.8) is 0 Å². The first-order valence-electron chi connectivity index (χ1n) is 12.2. The van der Waals surface area contributed by atoms with Gasteiger partial charge in [-0.1, -0.05) is 44.2 Å². The smallest absolute Gasteiger partial charge is 0.307 e. The number of benzene rings is 2. The Morgan fingerprint density at radius 1 is 1.16 bits per heavy atom. The summed E-state index contributed by atoms with van der Waals surface area (Å²) < 4.78 is 30.5. The highest BCUT2D eigenvalue weighted by molar-refractivity contribution is 8.22. The first kappa shape index (κ1) is 27.3. The van der Waals surface area contributed by atoms with E-state index in [4.69, 9.17) is 4.74 Å². The van der Waals surface area contributed by atoms with Gasteiger partial charge in [0.1, 0.15) is 16.7 Å². The van der Waals surface area contributed by atoms with Crippen LogP contribution in [0.15, 0.2) is 59.5 Å². The van der Waals surface area contributed by atoms with E-state index in [-0.39, 0.29) is 18.4 Å². The van der Waals surface area contributed by atoms with Gasteiger partial charge in [0.25, 0.3) is 0 Å². The molecule has 1 aromatic heterocycles. The van der Waals surface area contributed by atoms with Crippen LogP contribution in [-0.2, 0) is 11.3 Å². The van der Waals surface area contributed by atoms with Crippen molar-refractivity contribution in [2.75, 3.05) is 6.54 Å². The number of aryl methyl sites for hydroxylation is 1. The molecule has 3 N–H and O–H groups in total. The molecule has 0 bridgehead atoms. The van der Waals surface area contributed by atoms with Crippen LogP contribution in [0.1, 0.15) is 64.3 Å². The van der Waals surface area contributed by atoms with Crippen LogP contribution in [-0.4, -0.2) is 42.9 Å². The maximum absolute atomic E-state index is 12.1. The van der Waals surface area contributed by atoms with E-state index < -0.39 is 28.6 Å². The number of rotatable bonds is 8. The standard InChI is InChI=1S/C28H33NO6S2/c1-5-22-16-29(37(33,34)26-9-7-6-8-23(26)35-22)15-21-14-20(11-10-17(21)2)27(18(3)28(31)32)25-13-12-24(36-25)19(4)30/h6-14,18,22,27,33-34H,5,15-16H2,1-4H3,(H,31,32). The first-order valence-corrected chi connectivity index (χ1v) is 14.6. The van der Waals surface area contributed by atoms with Crippen molar-refractivity contribution in [3.05, 3.63) is 81.0 Å². The number of Topliss-reactive ketones (excluding diaryl/α,β-unsaturated/α-hetero) is 1. The van der Waals surface area contributed by atoms with E-state index in [2.05, 4.69) is 0 Å². The Balaban J connectivity index is 1.74. The van der Waals surface area contributed by atoms with Gasteiger partial charge in [-0.3, -0.25) is 18.7 Å². The lowest BCUT2D eigenvalue weighted by Gasteiger charge is -2.42. The molecule has 3 aromatic rings. The molecule has 7 nitrogen and oxygen atoms in total. The Bertz CT molecular complexity index is 1300. The highest BCUT2D eigenvalue weighted by Crippen LogP contribution is 2.57. The molecule has 0 aliphatic carbocycles. The summed E-state index contributed by atoms with van der Waals surface area (Å²) in [6, 6.07) is 16.4. The second kappa shape index (κ2) is 11.0. The number of aliphatic carboxylic acids is 1. The summed E-state index contributed by atoms with van der Waals surface area (Å²) in [6.45, 7) is 7.72. The van der Waals surface area contributed by atoms with Crippen molar-refractivity contribution in [1.82, 2.24) is 4.31 Å². The number of nitrogens with zero attached hydrogens (tertiary/aromatic N) is 1. The zero-order chi connectivity index (χ0) is 26.9. The summed E-state index contributed by atoms with van der Waals surface area (Å²) in [5.41, 5.74) is 2.64. The molecule has 0 radical (unpaired) electrons. The summed E-state index contributed by atoms with van der Waals surface area (Å²) in [4.78, 5) is 25.7. The maximum Gasteiger partial charge on any atom is 0.307 e. The monoisotopic (exact) mass is 543 g/mol. The largest absolute Gasteiger partial charge is 0.487 e. The quantitative estimate of drug-likeness (QED) is 0.268. The van der Waals surface area contributed by atoms with Gasteiger partial charge in [-0.25, -0.2) is 0 Å². The van der Waals surface area contributed by atoms with Gasteiger partial charge in [0.15, 0.2) is 5.78 Å². The zero-order valence-electron chi connectivity index (χ0n) is 21.4. The van der Waals surface area contributed by atoms with E-state index in [1.165, 1.54) is 18.3 Å². The van der Waals surface area contributed by atoms with Gasteiger partial charge >= 0.3 is 5.97 Å². The fourth-order valence-corrected chi connectivity index (χ4v) is 7.38. The lowest BCUT2D eigenvalue weighted by Crippen LogP contribution is -2.34. The minimum Gasteiger partial charge on any atom is -0.487 e. The van der Waals surface area contributed by atoms with Gasteiger partial charge < -0.3 is 9.84 Å². The fourth-order valence-electron chi connectivity index (χ4n) is 4.62. The van der Waals surface area contributed by atoms with Gasteiger partial charge in [-0.2, -0.15) is 4.31 Å². The number of ether oxygens (including phenoxy) is 1. The van der Waals surface area contributed by atoms with E-state index in [0.29, 0.717) is 28.5 Å². The number of hydrogen-bond acceptors (Lipinski definition) is 7. The number of carbonyl (C=O) groups is 2. The van der Waals surface area contributed by atoms with Crippen molar-refractivity contribution in [1.29, 1.82) is 0 Å². The van der Waals surface area contributed by atoms with E-state index in [0.717, 1.165) is 21.6 Å². The lowest BCUT2D eigenvalue weighted by molar-refractivity contribution is -0.141. The molecule has 1 aliphatic heterocycles. The van der Waals surface area contributed by atoms with Gasteiger partial charge in [-0.05, 0) is 61.2 Å². The third kappa shape index (κ3) is 5.61. The molecular formula is C28H33NO6S2. The normalized spacial score (nSPS) is 19.7. The van der Waals surface area contributed by atoms with Gasteiger partial charge in [-0.15, -0.1) is 22.1 Å². The van der Waals surface area contributed by atoms with Crippen molar-refractivity contribution >= 4 is 33.9 Å². The molecule has 3 unspecified atom stereocenters. The van der Waals surface area contributed by atoms with Crippen LogP contribution in [0.2, 0.25) is 0 Å². The number of hydrogen-bond donors (Lipinski definition) is 3. The molecule has 9 heteroatoms. The van der Waals surface area contributed by atoms with Gasteiger partial charge in [0.05, 0.1) is 17.3 Å². The lowest BCUT2D eigenvalue weighted by atomic mass is 9.84. The predicted molar refractivity (Wildman–Crippen MR) is 147 cm³/mol. The number of carbonyl (C=O) groups excluding carboxylic acids is 1. The molecule has 37 heavy (non-hydrogen) atoms. The SMILES string of the molecule is CCC1CN(Cc2cc(C(c3ccc(C(C)=O)s3)C(C)C(=O)O)ccc2C)S(O)(O)c2ccccc2O1. The van der Waals surface area contributed by atoms with Crippen molar-refractivity contribution in [2.24, 2.45) is 5.92 Å². The second-order valence-electron chi connectivity index (χ2n) is 9.48. The Morgan fingerprint density at radius 2 is 1.89 bits per heavy atom. The zero-order valence-corrected chi connectivity index (χ0v) is 23.0. The van der Waals surface area contributed by atoms with Crippen molar-refractivity contribution in [2.45, 2.75) is 57.6 Å². The maximum atomic E-state index is 12.1. The molecule has 4 rings (SSSR count). The number of thiophene rings is 1. The number of carboxylic acids is 1. The number of fused-ring (bicyclic) bond motifs is 1. The minimum absolute atomic E-state index is 0.0538. The average molecular weight is 544 g/mol. The molecule has 2 heterocycles. The van der Waals surface area contributed by atoms with E-state index in [1.54, 1.807) is 35.5 Å². The third-order valence-electron chi connectivity index (χ3n) is 6.91. The summed E-state index contributed by atoms with van der Waals surface area (Å²) in [6.07, 6.45) is 0.489. The van der Waals surface area contributed by atoms with Crippen LogP contribution in [0.3, 0.4) is 0 Å².